The summed E-state index contributed by atoms with van der Waals surface area (Å²) >= 11 is 0. The first kappa shape index (κ1) is 8.79. The van der Waals surface area contributed by atoms with Crippen LogP contribution in [-0.2, 0) is 0 Å². The van der Waals surface area contributed by atoms with Crippen LogP contribution in [0.25, 0.3) is 0 Å². The van der Waals surface area contributed by atoms with Gasteiger partial charge in [0.15, 0.2) is 0 Å². The van der Waals surface area contributed by atoms with E-state index in [2.05, 4.69) is 39.8 Å². The summed E-state index contributed by atoms with van der Waals surface area (Å²) in [6.07, 6.45) is 5.05. The number of rotatable bonds is 0. The number of aliphatic hydroxyl groups excluding tert-OH is 1. The first-order valence-corrected chi connectivity index (χ1v) is 4.22. The van der Waals surface area contributed by atoms with Crippen molar-refractivity contribution in [1.82, 2.24) is 0 Å². The summed E-state index contributed by atoms with van der Waals surface area (Å²) in [5.41, 5.74) is -0.0139. The van der Waals surface area contributed by atoms with Crippen molar-refractivity contribution in [3.8, 4) is 0 Å². The first-order valence-electron chi connectivity index (χ1n) is 4.22. The van der Waals surface area contributed by atoms with Gasteiger partial charge < -0.3 is 5.11 Å². The third kappa shape index (κ3) is 1.48. The zero-order chi connectivity index (χ0) is 8.70. The maximum absolute atomic E-state index is 9.91. The number of allylic oxidation sites excluding steroid dienone is 1. The highest BCUT2D eigenvalue weighted by Crippen LogP contribution is 2.41. The molecular weight excluding hydrogens is 136 g/mol. The molecule has 0 saturated heterocycles. The molecule has 0 spiro atoms. The van der Waals surface area contributed by atoms with Crippen LogP contribution >= 0.6 is 0 Å². The van der Waals surface area contributed by atoms with Gasteiger partial charge in [-0.3, -0.25) is 0 Å². The molecule has 0 radical (unpaired) electrons. The monoisotopic (exact) mass is 154 g/mol. The second kappa shape index (κ2) is 2.34. The van der Waals surface area contributed by atoms with E-state index in [-0.39, 0.29) is 16.9 Å². The molecule has 1 N–H and O–H groups in total. The van der Waals surface area contributed by atoms with Crippen molar-refractivity contribution in [2.75, 3.05) is 0 Å². The van der Waals surface area contributed by atoms with E-state index in [9.17, 15) is 5.11 Å². The van der Waals surface area contributed by atoms with Crippen LogP contribution in [0.1, 0.15) is 34.1 Å². The zero-order valence-electron chi connectivity index (χ0n) is 7.89. The van der Waals surface area contributed by atoms with Crippen LogP contribution in [0.15, 0.2) is 12.2 Å². The lowest BCUT2D eigenvalue weighted by Crippen LogP contribution is -2.42. The maximum atomic E-state index is 9.91. The van der Waals surface area contributed by atoms with Gasteiger partial charge in [-0.05, 0) is 11.8 Å². The summed E-state index contributed by atoms with van der Waals surface area (Å²) in [6.45, 7) is 8.38. The minimum Gasteiger partial charge on any atom is -0.392 e. The molecule has 0 fully saturated rings. The van der Waals surface area contributed by atoms with Gasteiger partial charge in [0.2, 0.25) is 0 Å². The third-order valence-electron chi connectivity index (χ3n) is 2.64. The molecule has 64 valence electrons. The highest BCUT2D eigenvalue weighted by atomic mass is 16.3. The third-order valence-corrected chi connectivity index (χ3v) is 2.64. The van der Waals surface area contributed by atoms with E-state index in [0.717, 1.165) is 6.42 Å². The van der Waals surface area contributed by atoms with Crippen LogP contribution in [0.5, 0.6) is 0 Å². The standard InChI is InChI=1S/C10H18O/c1-9(2)6-5-7-10(3,4)8(9)11/h5-6,8,11H,7H2,1-4H3. The average Bonchev–Trinajstić information content (AvgIpc) is 1.82. The van der Waals surface area contributed by atoms with E-state index < -0.39 is 0 Å². The lowest BCUT2D eigenvalue weighted by molar-refractivity contribution is -0.0249. The first-order chi connectivity index (χ1) is 4.86. The Morgan fingerprint density at radius 2 is 1.82 bits per heavy atom. The van der Waals surface area contributed by atoms with E-state index in [1.165, 1.54) is 0 Å². The molecule has 0 aromatic heterocycles. The smallest absolute Gasteiger partial charge is 0.0679 e. The fourth-order valence-corrected chi connectivity index (χ4v) is 1.88. The fourth-order valence-electron chi connectivity index (χ4n) is 1.88. The Hall–Kier alpha value is -0.300. The van der Waals surface area contributed by atoms with Crippen molar-refractivity contribution in [3.63, 3.8) is 0 Å². The van der Waals surface area contributed by atoms with Crippen LogP contribution in [0.3, 0.4) is 0 Å². The Bertz CT molecular complexity index is 177. The molecule has 0 bridgehead atoms. The fraction of sp³-hybridized carbons (Fsp3) is 0.800. The molecule has 1 aliphatic carbocycles. The zero-order valence-corrected chi connectivity index (χ0v) is 7.89. The topological polar surface area (TPSA) is 20.2 Å². The Labute approximate surface area is 69.1 Å². The average molecular weight is 154 g/mol. The molecule has 1 heteroatoms. The minimum atomic E-state index is -0.222. The quantitative estimate of drug-likeness (QED) is 0.531. The predicted molar refractivity (Wildman–Crippen MR) is 47.3 cm³/mol. The van der Waals surface area contributed by atoms with Gasteiger partial charge in [0.05, 0.1) is 6.10 Å². The van der Waals surface area contributed by atoms with Gasteiger partial charge in [-0.15, -0.1) is 0 Å². The van der Waals surface area contributed by atoms with Crippen molar-refractivity contribution < 1.29 is 5.11 Å². The molecule has 1 unspecified atom stereocenters. The molecule has 1 atom stereocenters. The summed E-state index contributed by atoms with van der Waals surface area (Å²) in [5.74, 6) is 0. The Balaban J connectivity index is 2.91. The predicted octanol–water partition coefficient (Wildman–Crippen LogP) is 2.36. The van der Waals surface area contributed by atoms with Crippen LogP contribution in [0, 0.1) is 10.8 Å². The van der Waals surface area contributed by atoms with Crippen molar-refractivity contribution in [1.29, 1.82) is 0 Å². The molecule has 0 aromatic rings. The second-order valence-corrected chi connectivity index (χ2v) is 4.82. The van der Waals surface area contributed by atoms with E-state index in [1.807, 2.05) is 0 Å². The van der Waals surface area contributed by atoms with E-state index >= 15 is 0 Å². The molecule has 0 heterocycles. The number of hydrogen-bond donors (Lipinski definition) is 1. The second-order valence-electron chi connectivity index (χ2n) is 4.82. The number of hydrogen-bond acceptors (Lipinski definition) is 1. The highest BCUT2D eigenvalue weighted by Gasteiger charge is 2.39. The van der Waals surface area contributed by atoms with Gasteiger partial charge in [-0.1, -0.05) is 39.8 Å². The van der Waals surface area contributed by atoms with Gasteiger partial charge in [0, 0.05) is 5.41 Å². The van der Waals surface area contributed by atoms with Gasteiger partial charge in [-0.25, -0.2) is 0 Å². The molecule has 0 saturated carbocycles. The van der Waals surface area contributed by atoms with Gasteiger partial charge >= 0.3 is 0 Å². The SMILES string of the molecule is CC1(C)C=CCC(C)(C)C1O. The lowest BCUT2D eigenvalue weighted by atomic mass is 9.67. The van der Waals surface area contributed by atoms with Crippen LogP contribution < -0.4 is 0 Å². The van der Waals surface area contributed by atoms with Crippen LogP contribution in [-0.4, -0.2) is 11.2 Å². The van der Waals surface area contributed by atoms with E-state index in [0.29, 0.717) is 0 Å². The Morgan fingerprint density at radius 3 is 2.18 bits per heavy atom. The highest BCUT2D eigenvalue weighted by molar-refractivity contribution is 5.09. The minimum absolute atomic E-state index is 0.0399. The van der Waals surface area contributed by atoms with Crippen molar-refractivity contribution in [2.45, 2.75) is 40.2 Å². The molecule has 1 nitrogen and oxygen atoms in total. The van der Waals surface area contributed by atoms with Crippen molar-refractivity contribution >= 4 is 0 Å². The normalized spacial score (nSPS) is 33.7. The van der Waals surface area contributed by atoms with E-state index in [1.54, 1.807) is 0 Å². The Morgan fingerprint density at radius 1 is 1.27 bits per heavy atom. The van der Waals surface area contributed by atoms with Crippen LogP contribution in [0.2, 0.25) is 0 Å². The van der Waals surface area contributed by atoms with Gasteiger partial charge in [-0.2, -0.15) is 0 Å². The molecule has 11 heavy (non-hydrogen) atoms. The summed E-state index contributed by atoms with van der Waals surface area (Å²) in [4.78, 5) is 0. The molecule has 0 aromatic carbocycles. The van der Waals surface area contributed by atoms with Crippen molar-refractivity contribution in [3.05, 3.63) is 12.2 Å². The summed E-state index contributed by atoms with van der Waals surface area (Å²) in [5, 5.41) is 9.91. The molecular formula is C10H18O. The van der Waals surface area contributed by atoms with E-state index in [4.69, 9.17) is 0 Å². The van der Waals surface area contributed by atoms with Gasteiger partial charge in [0.1, 0.15) is 0 Å². The Kier molecular flexibility index (Phi) is 1.87. The summed E-state index contributed by atoms with van der Waals surface area (Å²) in [7, 11) is 0. The summed E-state index contributed by atoms with van der Waals surface area (Å²) in [6, 6.07) is 0. The molecule has 1 aliphatic rings. The summed E-state index contributed by atoms with van der Waals surface area (Å²) < 4.78 is 0. The van der Waals surface area contributed by atoms with Crippen molar-refractivity contribution in [2.24, 2.45) is 10.8 Å². The largest absolute Gasteiger partial charge is 0.392 e. The molecule has 1 rings (SSSR count). The molecule has 0 aliphatic heterocycles. The number of aliphatic hydroxyl groups is 1. The lowest BCUT2D eigenvalue weighted by Gasteiger charge is -2.42. The van der Waals surface area contributed by atoms with Crippen LogP contribution in [0.4, 0.5) is 0 Å². The molecule has 0 amide bonds. The van der Waals surface area contributed by atoms with Gasteiger partial charge in [0.25, 0.3) is 0 Å². The maximum Gasteiger partial charge on any atom is 0.0679 e.